The van der Waals surface area contributed by atoms with Crippen LogP contribution in [-0.4, -0.2) is 24.0 Å². The predicted octanol–water partition coefficient (Wildman–Crippen LogP) is 2.12. The van der Waals surface area contributed by atoms with Crippen molar-refractivity contribution in [1.82, 2.24) is 0 Å². The predicted molar refractivity (Wildman–Crippen MR) is 68.5 cm³/mol. The normalized spacial score (nSPS) is 15.3. The van der Waals surface area contributed by atoms with E-state index in [1.165, 1.54) is 0 Å². The zero-order chi connectivity index (χ0) is 12.1. The lowest BCUT2D eigenvalue weighted by molar-refractivity contribution is -0.129. The molecule has 0 atom stereocenters. The van der Waals surface area contributed by atoms with Crippen LogP contribution in [0.3, 0.4) is 0 Å². The van der Waals surface area contributed by atoms with Crippen LogP contribution in [0, 0.1) is 0 Å². The summed E-state index contributed by atoms with van der Waals surface area (Å²) in [6.45, 7) is 0. The molecule has 1 aliphatic heterocycles. The molecule has 1 radical (unpaired) electrons. The molecule has 0 saturated carbocycles. The molecular weight excluding hydrogens is 213 g/mol. The Labute approximate surface area is 101 Å². The van der Waals surface area contributed by atoms with E-state index >= 15 is 0 Å². The van der Waals surface area contributed by atoms with Crippen LogP contribution in [0.4, 0.5) is 0 Å². The minimum absolute atomic E-state index is 0.157. The quantitative estimate of drug-likeness (QED) is 0.802. The lowest BCUT2D eigenvalue weighted by Crippen LogP contribution is -2.19. The van der Waals surface area contributed by atoms with Gasteiger partial charge in [-0.3, -0.25) is 4.99 Å². The molecule has 0 fully saturated rings. The molecule has 17 heavy (non-hydrogen) atoms. The Kier molecular flexibility index (Phi) is 3.75. The molecule has 0 saturated heterocycles. The van der Waals surface area contributed by atoms with Crippen molar-refractivity contribution in [2.45, 2.75) is 19.2 Å². The van der Waals surface area contributed by atoms with Crippen molar-refractivity contribution in [3.05, 3.63) is 47.7 Å². The van der Waals surface area contributed by atoms with Crippen LogP contribution in [0.25, 0.3) is 0 Å². The number of nitrogens with zero attached hydrogens (tertiary/aromatic N) is 1. The smallest absolute Gasteiger partial charge is 0.339 e. The fraction of sp³-hybridized carbons (Fsp3) is 0.231. The number of aliphatic imine (C=N–C) groups is 1. The second-order valence-corrected chi connectivity index (χ2v) is 3.94. The van der Waals surface area contributed by atoms with Gasteiger partial charge < -0.3 is 5.11 Å². The first-order chi connectivity index (χ1) is 8.25. The number of allylic oxidation sites excluding steroid dienone is 2. The van der Waals surface area contributed by atoms with E-state index in [1.807, 2.05) is 36.4 Å². The van der Waals surface area contributed by atoms with Crippen LogP contribution >= 0.6 is 0 Å². The summed E-state index contributed by atoms with van der Waals surface area (Å²) in [5.41, 5.74) is 2.14. The van der Waals surface area contributed by atoms with E-state index in [2.05, 4.69) is 4.99 Å². The van der Waals surface area contributed by atoms with Gasteiger partial charge in [-0.1, -0.05) is 42.7 Å². The Hall–Kier alpha value is -1.84. The van der Waals surface area contributed by atoms with Crippen LogP contribution in [0.1, 0.15) is 12.0 Å². The number of aliphatic carboxylic acids is 1. The maximum absolute atomic E-state index is 10.9. The molecular formula is C13H13BNO2. The highest BCUT2D eigenvalue weighted by atomic mass is 16.4. The van der Waals surface area contributed by atoms with Gasteiger partial charge in [-0.25, -0.2) is 4.79 Å². The number of carboxylic acids is 1. The summed E-state index contributed by atoms with van der Waals surface area (Å²) in [5.74, 6) is -0.953. The van der Waals surface area contributed by atoms with Gasteiger partial charge in [-0.15, -0.1) is 0 Å². The molecule has 0 spiro atoms. The van der Waals surface area contributed by atoms with Crippen molar-refractivity contribution >= 4 is 18.9 Å². The van der Waals surface area contributed by atoms with Gasteiger partial charge in [0.2, 0.25) is 0 Å². The third-order valence-electron chi connectivity index (χ3n) is 2.60. The molecule has 0 bridgehead atoms. The van der Waals surface area contributed by atoms with Crippen LogP contribution in [0.15, 0.2) is 47.1 Å². The number of carbonyl (C=O) groups is 1. The van der Waals surface area contributed by atoms with Crippen molar-refractivity contribution in [3.63, 3.8) is 0 Å². The highest BCUT2D eigenvalue weighted by molar-refractivity contribution is 6.88. The second kappa shape index (κ2) is 5.48. The third kappa shape index (κ3) is 3.31. The molecule has 2 rings (SSSR count). The van der Waals surface area contributed by atoms with E-state index in [-0.39, 0.29) is 5.61 Å². The van der Waals surface area contributed by atoms with Gasteiger partial charge in [0, 0.05) is 12.1 Å². The molecule has 3 nitrogen and oxygen atoms in total. The standard InChI is InChI=1S/C13H13BNO2/c16-13(17)12-14-8-4-7-11(15-12)9-10-5-2-1-3-6-10/h1-3,5-7H,4,8-9H2,(H,16,17). The summed E-state index contributed by atoms with van der Waals surface area (Å²) in [6, 6.07) is 9.95. The fourth-order valence-electron chi connectivity index (χ4n) is 1.77. The Balaban J connectivity index is 2.16. The topological polar surface area (TPSA) is 49.7 Å². The van der Waals surface area contributed by atoms with Crippen molar-refractivity contribution in [2.24, 2.45) is 4.99 Å². The van der Waals surface area contributed by atoms with E-state index < -0.39 is 5.97 Å². The molecule has 85 valence electrons. The van der Waals surface area contributed by atoms with Gasteiger partial charge in [-0.2, -0.15) is 0 Å². The first-order valence-electron chi connectivity index (χ1n) is 5.64. The maximum atomic E-state index is 10.9. The summed E-state index contributed by atoms with van der Waals surface area (Å²) in [7, 11) is 1.68. The summed E-state index contributed by atoms with van der Waals surface area (Å²) >= 11 is 0. The molecule has 1 N–H and O–H groups in total. The van der Waals surface area contributed by atoms with Crippen molar-refractivity contribution in [1.29, 1.82) is 0 Å². The molecule has 4 heteroatoms. The van der Waals surface area contributed by atoms with Crippen molar-refractivity contribution in [2.75, 3.05) is 0 Å². The SMILES string of the molecule is O=C(O)C1=NC(Cc2ccccc2)=CCC[B]1. The van der Waals surface area contributed by atoms with Gasteiger partial charge in [0.25, 0.3) is 0 Å². The number of rotatable bonds is 3. The molecule has 1 heterocycles. The average molecular weight is 226 g/mol. The van der Waals surface area contributed by atoms with Gasteiger partial charge in [0.15, 0.2) is 7.28 Å². The van der Waals surface area contributed by atoms with E-state index in [9.17, 15) is 4.79 Å². The summed E-state index contributed by atoms with van der Waals surface area (Å²) in [6.07, 6.45) is 4.29. The van der Waals surface area contributed by atoms with Crippen LogP contribution in [0.5, 0.6) is 0 Å². The maximum Gasteiger partial charge on any atom is 0.339 e. The molecule has 1 aromatic rings. The number of benzene rings is 1. The Morgan fingerprint density at radius 1 is 1.35 bits per heavy atom. The average Bonchev–Trinajstić information content (AvgIpc) is 2.56. The van der Waals surface area contributed by atoms with E-state index in [0.717, 1.165) is 24.0 Å². The molecule has 0 unspecified atom stereocenters. The zero-order valence-corrected chi connectivity index (χ0v) is 9.47. The summed E-state index contributed by atoms with van der Waals surface area (Å²) < 4.78 is 0. The van der Waals surface area contributed by atoms with Gasteiger partial charge in [0.1, 0.15) is 0 Å². The van der Waals surface area contributed by atoms with Crippen molar-refractivity contribution in [3.8, 4) is 0 Å². The molecule has 0 aliphatic carbocycles. The summed E-state index contributed by atoms with van der Waals surface area (Å²) in [4.78, 5) is 15.1. The van der Waals surface area contributed by atoms with E-state index in [1.54, 1.807) is 7.28 Å². The second-order valence-electron chi connectivity index (χ2n) is 3.94. The number of hydrogen-bond acceptors (Lipinski definition) is 2. The lowest BCUT2D eigenvalue weighted by Gasteiger charge is -2.02. The highest BCUT2D eigenvalue weighted by Crippen LogP contribution is 2.13. The van der Waals surface area contributed by atoms with Crippen LogP contribution in [0.2, 0.25) is 6.32 Å². The van der Waals surface area contributed by atoms with E-state index in [4.69, 9.17) is 5.11 Å². The number of carboxylic acid groups (broad SMARTS) is 1. The Bertz CT molecular complexity index is 466. The monoisotopic (exact) mass is 226 g/mol. The van der Waals surface area contributed by atoms with Crippen LogP contribution < -0.4 is 0 Å². The van der Waals surface area contributed by atoms with Crippen molar-refractivity contribution < 1.29 is 9.90 Å². The Morgan fingerprint density at radius 3 is 2.82 bits per heavy atom. The zero-order valence-electron chi connectivity index (χ0n) is 9.47. The molecule has 0 aromatic heterocycles. The van der Waals surface area contributed by atoms with Gasteiger partial charge in [-0.05, 0) is 12.0 Å². The minimum atomic E-state index is -0.953. The first kappa shape index (κ1) is 11.6. The third-order valence-corrected chi connectivity index (χ3v) is 2.60. The van der Waals surface area contributed by atoms with Crippen LogP contribution in [-0.2, 0) is 11.2 Å². The lowest BCUT2D eigenvalue weighted by atomic mass is 9.68. The van der Waals surface area contributed by atoms with Gasteiger partial charge >= 0.3 is 5.97 Å². The number of hydrogen-bond donors (Lipinski definition) is 1. The van der Waals surface area contributed by atoms with E-state index in [0.29, 0.717) is 6.42 Å². The minimum Gasteiger partial charge on any atom is -0.477 e. The summed E-state index contributed by atoms with van der Waals surface area (Å²) in [5, 5.41) is 8.96. The largest absolute Gasteiger partial charge is 0.477 e. The van der Waals surface area contributed by atoms with Gasteiger partial charge in [0.05, 0.1) is 5.61 Å². The molecule has 1 aromatic carbocycles. The fourth-order valence-corrected chi connectivity index (χ4v) is 1.77. The molecule has 1 aliphatic rings. The molecule has 0 amide bonds. The first-order valence-corrected chi connectivity index (χ1v) is 5.64. The Morgan fingerprint density at radius 2 is 2.12 bits per heavy atom. The highest BCUT2D eigenvalue weighted by Gasteiger charge is 2.13.